The second-order valence-electron chi connectivity index (χ2n) is 7.26. The fourth-order valence-corrected chi connectivity index (χ4v) is 4.07. The summed E-state index contributed by atoms with van der Waals surface area (Å²) < 4.78 is 19.6. The van der Waals surface area contributed by atoms with Gasteiger partial charge < -0.3 is 14.2 Å². The Morgan fingerprint density at radius 1 is 1.18 bits per heavy atom. The minimum atomic E-state index is -0.227. The highest BCUT2D eigenvalue weighted by Crippen LogP contribution is 2.33. The molecule has 6 heteroatoms. The predicted molar refractivity (Wildman–Crippen MR) is 110 cm³/mol. The lowest BCUT2D eigenvalue weighted by molar-refractivity contribution is -0.130. The number of furan rings is 1. The van der Waals surface area contributed by atoms with Gasteiger partial charge in [-0.1, -0.05) is 23.7 Å². The van der Waals surface area contributed by atoms with Gasteiger partial charge in [0.1, 0.15) is 11.4 Å². The number of rotatable bonds is 3. The van der Waals surface area contributed by atoms with Gasteiger partial charge in [0.2, 0.25) is 5.91 Å². The fraction of sp³-hybridized carbons (Fsp3) is 0.318. The molecule has 1 aliphatic heterocycles. The molecule has 28 heavy (non-hydrogen) atoms. The zero-order chi connectivity index (χ0) is 19.8. The molecule has 0 saturated carbocycles. The van der Waals surface area contributed by atoms with Gasteiger partial charge >= 0.3 is 0 Å². The van der Waals surface area contributed by atoms with Crippen LogP contribution in [0.1, 0.15) is 16.7 Å². The van der Waals surface area contributed by atoms with Crippen LogP contribution in [-0.2, 0) is 11.2 Å². The number of hydrogen-bond donors (Lipinski definition) is 0. The molecule has 146 valence electrons. The number of fused-ring (bicyclic) bond motifs is 1. The van der Waals surface area contributed by atoms with Crippen LogP contribution in [0.2, 0.25) is 5.02 Å². The van der Waals surface area contributed by atoms with Crippen molar-refractivity contribution in [1.82, 2.24) is 4.90 Å². The summed E-state index contributed by atoms with van der Waals surface area (Å²) in [6.45, 7) is 6.26. The molecule has 3 aromatic rings. The van der Waals surface area contributed by atoms with E-state index in [1.807, 2.05) is 35.8 Å². The SMILES string of the molecule is Cc1cc2occ(CC(=O)N3CCN(c4ccccc4F)CC3)c2c(C)c1Cl. The number of carbonyl (C=O) groups is 1. The quantitative estimate of drug-likeness (QED) is 0.637. The molecule has 2 aromatic carbocycles. The number of nitrogens with zero attached hydrogens (tertiary/aromatic N) is 2. The van der Waals surface area contributed by atoms with E-state index in [1.165, 1.54) is 6.07 Å². The number of halogens is 2. The number of aryl methyl sites for hydroxylation is 2. The van der Waals surface area contributed by atoms with E-state index in [9.17, 15) is 9.18 Å². The Morgan fingerprint density at radius 2 is 1.89 bits per heavy atom. The van der Waals surface area contributed by atoms with Gasteiger partial charge in [-0.3, -0.25) is 4.79 Å². The molecule has 0 aliphatic carbocycles. The lowest BCUT2D eigenvalue weighted by atomic mass is 10.0. The van der Waals surface area contributed by atoms with E-state index < -0.39 is 0 Å². The van der Waals surface area contributed by atoms with Crippen molar-refractivity contribution in [3.8, 4) is 0 Å². The van der Waals surface area contributed by atoms with Crippen LogP contribution < -0.4 is 4.90 Å². The van der Waals surface area contributed by atoms with E-state index in [0.29, 0.717) is 36.9 Å². The largest absolute Gasteiger partial charge is 0.464 e. The summed E-state index contributed by atoms with van der Waals surface area (Å²) in [6, 6.07) is 8.66. The van der Waals surface area contributed by atoms with Crippen molar-refractivity contribution in [3.05, 3.63) is 64.1 Å². The predicted octanol–water partition coefficient (Wildman–Crippen LogP) is 4.73. The monoisotopic (exact) mass is 400 g/mol. The molecular formula is C22H22ClFN2O2. The number of piperazine rings is 1. The second-order valence-corrected chi connectivity index (χ2v) is 7.64. The highest BCUT2D eigenvalue weighted by Gasteiger charge is 2.24. The molecule has 1 aromatic heterocycles. The first kappa shape index (κ1) is 18.8. The summed E-state index contributed by atoms with van der Waals surface area (Å²) in [5.74, 6) is -0.179. The maximum absolute atomic E-state index is 14.0. The third kappa shape index (κ3) is 3.35. The van der Waals surface area contributed by atoms with E-state index in [-0.39, 0.29) is 18.1 Å². The number of amides is 1. The lowest BCUT2D eigenvalue weighted by Crippen LogP contribution is -2.49. The van der Waals surface area contributed by atoms with Crippen molar-refractivity contribution in [2.75, 3.05) is 31.1 Å². The Labute approximate surface area is 168 Å². The average Bonchev–Trinajstić information content (AvgIpc) is 3.09. The minimum absolute atomic E-state index is 0.0481. The number of benzene rings is 2. The molecule has 0 unspecified atom stereocenters. The summed E-state index contributed by atoms with van der Waals surface area (Å²) in [4.78, 5) is 16.7. The van der Waals surface area contributed by atoms with E-state index >= 15 is 0 Å². The maximum atomic E-state index is 14.0. The molecule has 1 saturated heterocycles. The maximum Gasteiger partial charge on any atom is 0.227 e. The number of hydrogen-bond acceptors (Lipinski definition) is 3. The number of para-hydroxylation sites is 1. The first-order valence-electron chi connectivity index (χ1n) is 9.38. The van der Waals surface area contributed by atoms with Gasteiger partial charge in [-0.05, 0) is 43.2 Å². The van der Waals surface area contributed by atoms with Crippen LogP contribution in [0.3, 0.4) is 0 Å². The standard InChI is InChI=1S/C22H22ClFN2O2/c1-14-11-19-21(15(2)22(14)23)16(13-28-19)12-20(27)26-9-7-25(8-10-26)18-6-4-3-5-17(18)24/h3-6,11,13H,7-10,12H2,1-2H3. The third-order valence-corrected chi connectivity index (χ3v) is 6.04. The van der Waals surface area contributed by atoms with E-state index in [0.717, 1.165) is 27.7 Å². The van der Waals surface area contributed by atoms with Gasteiger partial charge in [-0.15, -0.1) is 0 Å². The molecule has 0 atom stereocenters. The van der Waals surface area contributed by atoms with Crippen LogP contribution >= 0.6 is 11.6 Å². The molecule has 1 aliphatic rings. The van der Waals surface area contributed by atoms with E-state index in [2.05, 4.69) is 0 Å². The molecular weight excluding hydrogens is 379 g/mol. The highest BCUT2D eigenvalue weighted by atomic mass is 35.5. The molecule has 0 radical (unpaired) electrons. The number of carbonyl (C=O) groups excluding carboxylic acids is 1. The van der Waals surface area contributed by atoms with Crippen LogP contribution in [0.5, 0.6) is 0 Å². The lowest BCUT2D eigenvalue weighted by Gasteiger charge is -2.36. The summed E-state index contributed by atoms with van der Waals surface area (Å²) in [6.07, 6.45) is 1.92. The molecule has 1 fully saturated rings. The van der Waals surface area contributed by atoms with Gasteiger partial charge in [0.25, 0.3) is 0 Å². The summed E-state index contributed by atoms with van der Waals surface area (Å²) >= 11 is 6.38. The molecule has 0 N–H and O–H groups in total. The van der Waals surface area contributed by atoms with E-state index in [4.69, 9.17) is 16.0 Å². The Bertz CT molecular complexity index is 1040. The van der Waals surface area contributed by atoms with Gasteiger partial charge in [-0.2, -0.15) is 0 Å². The number of anilines is 1. The zero-order valence-electron chi connectivity index (χ0n) is 16.0. The molecule has 4 rings (SSSR count). The van der Waals surface area contributed by atoms with Gasteiger partial charge in [0.05, 0.1) is 18.4 Å². The van der Waals surface area contributed by atoms with Crippen LogP contribution in [0, 0.1) is 19.7 Å². The smallest absolute Gasteiger partial charge is 0.227 e. The third-order valence-electron chi connectivity index (χ3n) is 5.46. The first-order valence-corrected chi connectivity index (χ1v) is 9.76. The normalized spacial score (nSPS) is 14.7. The van der Waals surface area contributed by atoms with Crippen molar-refractivity contribution < 1.29 is 13.6 Å². The highest BCUT2D eigenvalue weighted by molar-refractivity contribution is 6.33. The molecule has 0 spiro atoms. The average molecular weight is 401 g/mol. The molecule has 1 amide bonds. The zero-order valence-corrected chi connectivity index (χ0v) is 16.7. The van der Waals surface area contributed by atoms with Crippen LogP contribution in [0.15, 0.2) is 41.0 Å². The Morgan fingerprint density at radius 3 is 2.61 bits per heavy atom. The van der Waals surface area contributed by atoms with Gasteiger partial charge in [-0.25, -0.2) is 4.39 Å². The van der Waals surface area contributed by atoms with Gasteiger partial charge in [0, 0.05) is 42.2 Å². The minimum Gasteiger partial charge on any atom is -0.464 e. The summed E-state index contributed by atoms with van der Waals surface area (Å²) in [5, 5.41) is 1.63. The van der Waals surface area contributed by atoms with Crippen molar-refractivity contribution in [2.45, 2.75) is 20.3 Å². The fourth-order valence-electron chi connectivity index (χ4n) is 3.92. The van der Waals surface area contributed by atoms with Crippen molar-refractivity contribution in [3.63, 3.8) is 0 Å². The Hall–Kier alpha value is -2.53. The second kappa shape index (κ2) is 7.47. The first-order chi connectivity index (χ1) is 13.5. The molecule has 2 heterocycles. The van der Waals surface area contributed by atoms with Crippen LogP contribution in [0.4, 0.5) is 10.1 Å². The topological polar surface area (TPSA) is 36.7 Å². The van der Waals surface area contributed by atoms with Crippen LogP contribution in [0.25, 0.3) is 11.0 Å². The molecule has 0 bridgehead atoms. The molecule has 4 nitrogen and oxygen atoms in total. The Kier molecular flexibility index (Phi) is 5.02. The van der Waals surface area contributed by atoms with Crippen LogP contribution in [-0.4, -0.2) is 37.0 Å². The van der Waals surface area contributed by atoms with Gasteiger partial charge in [0.15, 0.2) is 0 Å². The van der Waals surface area contributed by atoms with E-state index in [1.54, 1.807) is 18.4 Å². The van der Waals surface area contributed by atoms with Crippen molar-refractivity contribution in [1.29, 1.82) is 0 Å². The summed E-state index contributed by atoms with van der Waals surface area (Å²) in [5.41, 5.74) is 4.11. The van der Waals surface area contributed by atoms with Crippen molar-refractivity contribution >= 4 is 34.2 Å². The van der Waals surface area contributed by atoms with Crippen molar-refractivity contribution in [2.24, 2.45) is 0 Å². The summed E-state index contributed by atoms with van der Waals surface area (Å²) in [7, 11) is 0. The Balaban J connectivity index is 1.46.